The van der Waals surface area contributed by atoms with Gasteiger partial charge in [-0.05, 0) is 67.4 Å². The minimum absolute atomic E-state index is 0.258. The molecule has 1 aliphatic heterocycles. The van der Waals surface area contributed by atoms with E-state index in [1.54, 1.807) is 10.9 Å². The van der Waals surface area contributed by atoms with E-state index in [2.05, 4.69) is 39.7 Å². The highest BCUT2D eigenvalue weighted by Crippen LogP contribution is 2.26. The van der Waals surface area contributed by atoms with Crippen LogP contribution in [0.1, 0.15) is 23.3 Å². The Bertz CT molecular complexity index is 1230. The summed E-state index contributed by atoms with van der Waals surface area (Å²) in [5, 5.41) is 10.9. The van der Waals surface area contributed by atoms with Crippen molar-refractivity contribution in [3.05, 3.63) is 90.8 Å². The van der Waals surface area contributed by atoms with Crippen LogP contribution < -0.4 is 10.1 Å². The van der Waals surface area contributed by atoms with Crippen LogP contribution in [-0.4, -0.2) is 52.0 Å². The van der Waals surface area contributed by atoms with E-state index >= 15 is 0 Å². The summed E-state index contributed by atoms with van der Waals surface area (Å²) in [7, 11) is 2.15. The van der Waals surface area contributed by atoms with Crippen molar-refractivity contribution in [3.63, 3.8) is 0 Å². The molecule has 7 heteroatoms. The van der Waals surface area contributed by atoms with Crippen LogP contribution in [0, 0.1) is 0 Å². The Labute approximate surface area is 199 Å². The molecule has 5 rings (SSSR count). The van der Waals surface area contributed by atoms with Gasteiger partial charge in [-0.25, -0.2) is 4.68 Å². The zero-order valence-electron chi connectivity index (χ0n) is 19.1. The molecule has 1 fully saturated rings. The molecule has 0 saturated carbocycles. The highest BCUT2D eigenvalue weighted by molar-refractivity contribution is 6.02. The van der Waals surface area contributed by atoms with Crippen LogP contribution in [0.25, 0.3) is 16.8 Å². The first-order valence-corrected chi connectivity index (χ1v) is 11.5. The fourth-order valence-corrected chi connectivity index (χ4v) is 4.04. The van der Waals surface area contributed by atoms with Gasteiger partial charge in [-0.1, -0.05) is 47.7 Å². The summed E-state index contributed by atoms with van der Waals surface area (Å²) in [6, 6.07) is 25.5. The van der Waals surface area contributed by atoms with E-state index in [1.165, 1.54) is 0 Å². The Balaban J connectivity index is 1.19. The van der Waals surface area contributed by atoms with Gasteiger partial charge in [-0.3, -0.25) is 4.79 Å². The number of aromatic nitrogens is 3. The molecule has 0 unspecified atom stereocenters. The number of likely N-dealkylation sites (tertiary alicyclic amines) is 1. The topological polar surface area (TPSA) is 72.3 Å². The first-order valence-electron chi connectivity index (χ1n) is 11.5. The number of para-hydroxylation sites is 1. The minimum atomic E-state index is -0.301. The van der Waals surface area contributed by atoms with E-state index in [0.29, 0.717) is 11.8 Å². The number of anilines is 1. The summed E-state index contributed by atoms with van der Waals surface area (Å²) in [6.07, 6.45) is 4.04. The van der Waals surface area contributed by atoms with E-state index < -0.39 is 0 Å². The Morgan fingerprint density at radius 2 is 1.56 bits per heavy atom. The van der Waals surface area contributed by atoms with Crippen molar-refractivity contribution in [1.29, 1.82) is 0 Å². The van der Waals surface area contributed by atoms with Crippen LogP contribution >= 0.6 is 0 Å². The summed E-state index contributed by atoms with van der Waals surface area (Å²) in [5.41, 5.74) is 3.97. The van der Waals surface area contributed by atoms with Gasteiger partial charge < -0.3 is 15.0 Å². The van der Waals surface area contributed by atoms with Crippen molar-refractivity contribution in [2.45, 2.75) is 18.9 Å². The second kappa shape index (κ2) is 9.89. The maximum Gasteiger partial charge on any atom is 0.277 e. The number of carbonyl (C=O) groups excluding carboxylic acids is 1. The van der Waals surface area contributed by atoms with E-state index in [-0.39, 0.29) is 11.6 Å². The molecule has 34 heavy (non-hydrogen) atoms. The lowest BCUT2D eigenvalue weighted by Gasteiger charge is -2.29. The van der Waals surface area contributed by atoms with Crippen LogP contribution in [0.2, 0.25) is 0 Å². The summed E-state index contributed by atoms with van der Waals surface area (Å²) in [4.78, 5) is 14.9. The number of amides is 1. The molecule has 7 nitrogen and oxygen atoms in total. The summed E-state index contributed by atoms with van der Waals surface area (Å²) in [6.45, 7) is 2.16. The zero-order valence-corrected chi connectivity index (χ0v) is 19.1. The molecule has 0 aliphatic carbocycles. The monoisotopic (exact) mass is 453 g/mol. The van der Waals surface area contributed by atoms with Gasteiger partial charge in [0.15, 0.2) is 5.69 Å². The molecule has 0 atom stereocenters. The van der Waals surface area contributed by atoms with Crippen molar-refractivity contribution >= 4 is 11.6 Å². The van der Waals surface area contributed by atoms with Gasteiger partial charge in [0.2, 0.25) is 0 Å². The molecular weight excluding hydrogens is 426 g/mol. The van der Waals surface area contributed by atoms with Crippen LogP contribution in [-0.2, 0) is 0 Å². The second-order valence-electron chi connectivity index (χ2n) is 8.56. The number of ether oxygens (including phenoxy) is 1. The van der Waals surface area contributed by atoms with Gasteiger partial charge >= 0.3 is 0 Å². The predicted octanol–water partition coefficient (Wildman–Crippen LogP) is 4.66. The molecule has 3 aromatic carbocycles. The summed E-state index contributed by atoms with van der Waals surface area (Å²) in [5.74, 6) is 0.607. The standard InChI is InChI=1S/C27H27N5O2/c1-31-17-15-25(16-18-31)34-24-13-9-21(10-14-24)20-7-11-22(12-8-20)28-27(33)26-19-32(30-29-26)23-5-3-2-4-6-23/h2-14,19,25H,15-18H2,1H3,(H,28,33). The predicted molar refractivity (Wildman–Crippen MR) is 132 cm³/mol. The third-order valence-electron chi connectivity index (χ3n) is 6.05. The summed E-state index contributed by atoms with van der Waals surface area (Å²) >= 11 is 0. The van der Waals surface area contributed by atoms with Crippen molar-refractivity contribution in [1.82, 2.24) is 19.9 Å². The summed E-state index contributed by atoms with van der Waals surface area (Å²) < 4.78 is 7.72. The molecule has 172 valence electrons. The Hall–Kier alpha value is -3.97. The lowest BCUT2D eigenvalue weighted by atomic mass is 10.0. The largest absolute Gasteiger partial charge is 0.490 e. The number of nitrogens with one attached hydrogen (secondary N) is 1. The van der Waals surface area contributed by atoms with Crippen molar-refractivity contribution < 1.29 is 9.53 Å². The molecule has 0 spiro atoms. The molecule has 0 bridgehead atoms. The first kappa shape index (κ1) is 21.9. The van der Waals surface area contributed by atoms with Crippen LogP contribution in [0.3, 0.4) is 0 Å². The van der Waals surface area contributed by atoms with Crippen molar-refractivity contribution in [2.75, 3.05) is 25.5 Å². The quantitative estimate of drug-likeness (QED) is 0.460. The maximum atomic E-state index is 12.6. The second-order valence-corrected chi connectivity index (χ2v) is 8.56. The lowest BCUT2D eigenvalue weighted by Crippen LogP contribution is -2.35. The molecule has 1 saturated heterocycles. The Morgan fingerprint density at radius 3 is 2.24 bits per heavy atom. The molecule has 1 aromatic heterocycles. The Kier molecular flexibility index (Phi) is 6.35. The van der Waals surface area contributed by atoms with Crippen LogP contribution in [0.5, 0.6) is 5.75 Å². The average Bonchev–Trinajstić information content (AvgIpc) is 3.38. The number of piperidine rings is 1. The van der Waals surface area contributed by atoms with Crippen LogP contribution in [0.15, 0.2) is 85.1 Å². The van der Waals surface area contributed by atoms with Gasteiger partial charge in [0.05, 0.1) is 11.9 Å². The van der Waals surface area contributed by atoms with Crippen LogP contribution in [0.4, 0.5) is 5.69 Å². The van der Waals surface area contributed by atoms with E-state index in [0.717, 1.165) is 48.5 Å². The lowest BCUT2D eigenvalue weighted by molar-refractivity contribution is 0.102. The fourth-order valence-electron chi connectivity index (χ4n) is 4.04. The number of rotatable bonds is 6. The third kappa shape index (κ3) is 5.15. The van der Waals surface area contributed by atoms with E-state index in [1.807, 2.05) is 66.7 Å². The van der Waals surface area contributed by atoms with Gasteiger partial charge in [0.1, 0.15) is 11.9 Å². The normalized spacial score (nSPS) is 14.6. The van der Waals surface area contributed by atoms with E-state index in [9.17, 15) is 4.79 Å². The molecule has 2 heterocycles. The van der Waals surface area contributed by atoms with Gasteiger partial charge in [0, 0.05) is 18.8 Å². The number of hydrogen-bond acceptors (Lipinski definition) is 5. The maximum absolute atomic E-state index is 12.6. The minimum Gasteiger partial charge on any atom is -0.490 e. The van der Waals surface area contributed by atoms with Crippen molar-refractivity contribution in [3.8, 4) is 22.6 Å². The third-order valence-corrected chi connectivity index (χ3v) is 6.05. The van der Waals surface area contributed by atoms with Crippen molar-refractivity contribution in [2.24, 2.45) is 0 Å². The zero-order chi connectivity index (χ0) is 23.3. The van der Waals surface area contributed by atoms with Gasteiger partial charge in [-0.15, -0.1) is 5.10 Å². The molecular formula is C27H27N5O2. The number of hydrogen-bond donors (Lipinski definition) is 1. The molecule has 1 aliphatic rings. The Morgan fingerprint density at radius 1 is 0.912 bits per heavy atom. The number of benzene rings is 3. The van der Waals surface area contributed by atoms with Gasteiger partial charge in [-0.2, -0.15) is 0 Å². The SMILES string of the molecule is CN1CCC(Oc2ccc(-c3ccc(NC(=O)c4cn(-c5ccccc5)nn4)cc3)cc2)CC1. The van der Waals surface area contributed by atoms with Gasteiger partial charge in [0.25, 0.3) is 5.91 Å². The average molecular weight is 454 g/mol. The fraction of sp³-hybridized carbons (Fsp3) is 0.222. The highest BCUT2D eigenvalue weighted by atomic mass is 16.5. The number of nitrogens with zero attached hydrogens (tertiary/aromatic N) is 4. The highest BCUT2D eigenvalue weighted by Gasteiger charge is 2.18. The molecule has 4 aromatic rings. The molecule has 1 amide bonds. The number of carbonyl (C=O) groups is 1. The molecule has 0 radical (unpaired) electrons. The van der Waals surface area contributed by atoms with E-state index in [4.69, 9.17) is 4.74 Å². The first-order chi connectivity index (χ1) is 16.6. The smallest absolute Gasteiger partial charge is 0.277 e. The molecule has 1 N–H and O–H groups in total.